The highest BCUT2D eigenvalue weighted by Crippen LogP contribution is 2.16. The first kappa shape index (κ1) is 9.47. The quantitative estimate of drug-likeness (QED) is 0.533. The van der Waals surface area contributed by atoms with Crippen LogP contribution in [0.25, 0.3) is 0 Å². The molecule has 0 aliphatic rings. The van der Waals surface area contributed by atoms with Crippen LogP contribution in [0.2, 0.25) is 0 Å². The molecule has 0 aliphatic carbocycles. The van der Waals surface area contributed by atoms with Gasteiger partial charge in [-0.05, 0) is 17.7 Å². The summed E-state index contributed by atoms with van der Waals surface area (Å²) < 4.78 is 0. The Morgan fingerprint density at radius 3 is 2.38 bits per heavy atom. The number of benzene rings is 1. The van der Waals surface area contributed by atoms with Gasteiger partial charge in [0.15, 0.2) is 0 Å². The second kappa shape index (κ2) is 3.86. The van der Waals surface area contributed by atoms with Crippen LogP contribution in [-0.2, 0) is 0 Å². The molecule has 1 rings (SSSR count). The van der Waals surface area contributed by atoms with E-state index in [1.54, 1.807) is 0 Å². The third kappa shape index (κ3) is 2.72. The van der Waals surface area contributed by atoms with Gasteiger partial charge in [0, 0.05) is 4.92 Å². The Hall–Kier alpha value is -1.62. The van der Waals surface area contributed by atoms with Crippen molar-refractivity contribution in [2.45, 2.75) is 6.10 Å². The van der Waals surface area contributed by atoms with E-state index < -0.39 is 17.6 Å². The highest BCUT2D eigenvalue weighted by atomic mass is 16.6. The zero-order valence-electron chi connectivity index (χ0n) is 6.75. The molecule has 0 aromatic heterocycles. The van der Waals surface area contributed by atoms with Gasteiger partial charge < -0.3 is 10.2 Å². The highest BCUT2D eigenvalue weighted by molar-refractivity contribution is 5.27. The van der Waals surface area contributed by atoms with Crippen LogP contribution in [0.5, 0.6) is 5.75 Å². The van der Waals surface area contributed by atoms with Crippen molar-refractivity contribution in [3.63, 3.8) is 0 Å². The minimum absolute atomic E-state index is 0.0667. The first-order chi connectivity index (χ1) is 6.09. The molecule has 0 aliphatic heterocycles. The molecule has 0 amide bonds. The molecular weight excluding hydrogens is 174 g/mol. The Bertz CT molecular complexity index is 296. The zero-order chi connectivity index (χ0) is 9.84. The number of aromatic hydroxyl groups is 1. The summed E-state index contributed by atoms with van der Waals surface area (Å²) in [6.45, 7) is -0.523. The molecule has 70 valence electrons. The third-order valence-electron chi connectivity index (χ3n) is 1.60. The Morgan fingerprint density at radius 1 is 1.38 bits per heavy atom. The van der Waals surface area contributed by atoms with E-state index in [1.807, 2.05) is 0 Å². The van der Waals surface area contributed by atoms with Crippen LogP contribution in [0.15, 0.2) is 24.3 Å². The number of nitrogens with zero attached hydrogens (tertiary/aromatic N) is 1. The molecule has 1 atom stereocenters. The summed E-state index contributed by atoms with van der Waals surface area (Å²) in [5, 5.41) is 28.2. The average Bonchev–Trinajstić information content (AvgIpc) is 2.04. The monoisotopic (exact) mass is 183 g/mol. The summed E-state index contributed by atoms with van der Waals surface area (Å²) in [5.74, 6) is 0.0667. The van der Waals surface area contributed by atoms with Crippen molar-refractivity contribution in [1.82, 2.24) is 0 Å². The van der Waals surface area contributed by atoms with E-state index in [2.05, 4.69) is 0 Å². The normalized spacial score (nSPS) is 12.4. The zero-order valence-corrected chi connectivity index (χ0v) is 6.75. The van der Waals surface area contributed by atoms with Gasteiger partial charge in [-0.25, -0.2) is 0 Å². The van der Waals surface area contributed by atoms with Crippen molar-refractivity contribution in [2.24, 2.45) is 0 Å². The molecule has 13 heavy (non-hydrogen) atoms. The minimum Gasteiger partial charge on any atom is -0.508 e. The molecule has 0 saturated heterocycles. The second-order valence-corrected chi connectivity index (χ2v) is 2.62. The van der Waals surface area contributed by atoms with Gasteiger partial charge in [-0.1, -0.05) is 12.1 Å². The third-order valence-corrected chi connectivity index (χ3v) is 1.60. The maximum Gasteiger partial charge on any atom is 0.233 e. The SMILES string of the molecule is O=[N+]([O-])C[C@@H](O)c1ccc(O)cc1. The summed E-state index contributed by atoms with van der Waals surface area (Å²) in [5.41, 5.74) is 0.425. The molecule has 0 bridgehead atoms. The topological polar surface area (TPSA) is 83.6 Å². The number of aliphatic hydroxyl groups excluding tert-OH is 1. The number of hydrogen-bond donors (Lipinski definition) is 2. The fraction of sp³-hybridized carbons (Fsp3) is 0.250. The van der Waals surface area contributed by atoms with E-state index in [-0.39, 0.29) is 5.75 Å². The molecule has 0 radical (unpaired) electrons. The molecule has 1 aromatic rings. The van der Waals surface area contributed by atoms with Crippen LogP contribution in [0.4, 0.5) is 0 Å². The van der Waals surface area contributed by atoms with Gasteiger partial charge in [0.1, 0.15) is 11.9 Å². The minimum atomic E-state index is -1.12. The number of aliphatic hydroxyl groups is 1. The van der Waals surface area contributed by atoms with Crippen molar-refractivity contribution in [3.8, 4) is 5.75 Å². The molecule has 2 N–H and O–H groups in total. The fourth-order valence-corrected chi connectivity index (χ4v) is 0.943. The molecule has 0 saturated carbocycles. The van der Waals surface area contributed by atoms with Gasteiger partial charge >= 0.3 is 0 Å². The van der Waals surface area contributed by atoms with Crippen molar-refractivity contribution >= 4 is 0 Å². The van der Waals surface area contributed by atoms with Gasteiger partial charge in [0.05, 0.1) is 0 Å². The summed E-state index contributed by atoms with van der Waals surface area (Å²) in [6, 6.07) is 5.64. The number of phenolic OH excluding ortho intramolecular Hbond substituents is 1. The lowest BCUT2D eigenvalue weighted by molar-refractivity contribution is -0.491. The van der Waals surface area contributed by atoms with Gasteiger partial charge in [-0.3, -0.25) is 10.1 Å². The van der Waals surface area contributed by atoms with Crippen molar-refractivity contribution in [3.05, 3.63) is 39.9 Å². The van der Waals surface area contributed by atoms with Crippen LogP contribution in [0.1, 0.15) is 11.7 Å². The van der Waals surface area contributed by atoms with E-state index in [0.29, 0.717) is 5.56 Å². The molecule has 1 aromatic carbocycles. The Kier molecular flexibility index (Phi) is 2.81. The van der Waals surface area contributed by atoms with Crippen molar-refractivity contribution < 1.29 is 15.1 Å². The largest absolute Gasteiger partial charge is 0.508 e. The van der Waals surface area contributed by atoms with E-state index in [4.69, 9.17) is 5.11 Å². The maximum atomic E-state index is 10.0. The van der Waals surface area contributed by atoms with Gasteiger partial charge in [0.2, 0.25) is 6.54 Å². The Morgan fingerprint density at radius 2 is 1.92 bits per heavy atom. The smallest absolute Gasteiger partial charge is 0.233 e. The second-order valence-electron chi connectivity index (χ2n) is 2.62. The van der Waals surface area contributed by atoms with Crippen LogP contribution in [0, 0.1) is 10.1 Å². The van der Waals surface area contributed by atoms with Crippen LogP contribution >= 0.6 is 0 Å². The standard InChI is InChI=1S/C8H9NO4/c10-7-3-1-6(2-4-7)8(11)5-9(12)13/h1-4,8,10-11H,5H2/t8-/m1/s1. The number of nitro groups is 1. The lowest BCUT2D eigenvalue weighted by Crippen LogP contribution is -2.11. The van der Waals surface area contributed by atoms with Crippen LogP contribution < -0.4 is 0 Å². The average molecular weight is 183 g/mol. The van der Waals surface area contributed by atoms with E-state index in [0.717, 1.165) is 0 Å². The molecule has 5 heteroatoms. The molecule has 0 spiro atoms. The van der Waals surface area contributed by atoms with E-state index >= 15 is 0 Å². The number of hydrogen-bond acceptors (Lipinski definition) is 4. The predicted octanol–water partition coefficient (Wildman–Crippen LogP) is 0.702. The molecule has 0 fully saturated rings. The van der Waals surface area contributed by atoms with E-state index in [1.165, 1.54) is 24.3 Å². The first-order valence-corrected chi connectivity index (χ1v) is 3.68. The number of phenols is 1. The van der Waals surface area contributed by atoms with Crippen molar-refractivity contribution in [1.29, 1.82) is 0 Å². The van der Waals surface area contributed by atoms with Gasteiger partial charge in [-0.2, -0.15) is 0 Å². The highest BCUT2D eigenvalue weighted by Gasteiger charge is 2.13. The summed E-state index contributed by atoms with van der Waals surface area (Å²) in [4.78, 5) is 9.46. The molecule has 5 nitrogen and oxygen atoms in total. The maximum absolute atomic E-state index is 10.0. The van der Waals surface area contributed by atoms with Gasteiger partial charge in [0.25, 0.3) is 0 Å². The lowest BCUT2D eigenvalue weighted by Gasteiger charge is -2.05. The fourth-order valence-electron chi connectivity index (χ4n) is 0.943. The van der Waals surface area contributed by atoms with E-state index in [9.17, 15) is 15.2 Å². The Labute approximate surface area is 74.4 Å². The molecular formula is C8H9NO4. The Balaban J connectivity index is 2.71. The summed E-state index contributed by atoms with van der Waals surface area (Å²) in [7, 11) is 0. The molecule has 0 unspecified atom stereocenters. The summed E-state index contributed by atoms with van der Waals surface area (Å²) >= 11 is 0. The first-order valence-electron chi connectivity index (χ1n) is 3.68. The lowest BCUT2D eigenvalue weighted by atomic mass is 10.1. The van der Waals surface area contributed by atoms with Gasteiger partial charge in [-0.15, -0.1) is 0 Å². The summed E-state index contributed by atoms with van der Waals surface area (Å²) in [6.07, 6.45) is -1.12. The molecule has 0 heterocycles. The predicted molar refractivity (Wildman–Crippen MR) is 44.9 cm³/mol. The van der Waals surface area contributed by atoms with Crippen LogP contribution in [-0.4, -0.2) is 21.7 Å². The van der Waals surface area contributed by atoms with Crippen molar-refractivity contribution in [2.75, 3.05) is 6.54 Å². The number of rotatable bonds is 3. The van der Waals surface area contributed by atoms with Crippen LogP contribution in [0.3, 0.4) is 0 Å².